The first kappa shape index (κ1) is 19.5. The zero-order valence-electron chi connectivity index (χ0n) is 16.7. The number of nitrogens with one attached hydrogen (secondary N) is 1. The van der Waals surface area contributed by atoms with E-state index >= 15 is 0 Å². The lowest BCUT2D eigenvalue weighted by atomic mass is 9.76. The normalized spacial score (nSPS) is 25.8. The van der Waals surface area contributed by atoms with Crippen LogP contribution in [0.25, 0.3) is 10.9 Å². The molecule has 0 saturated heterocycles. The number of pyridine rings is 1. The molecule has 2 aromatic carbocycles. The molecule has 5 rings (SSSR count). The van der Waals surface area contributed by atoms with Gasteiger partial charge in [0.1, 0.15) is 5.82 Å². The maximum absolute atomic E-state index is 13.8. The maximum atomic E-state index is 13.8. The molecule has 2 unspecified atom stereocenters. The van der Waals surface area contributed by atoms with Gasteiger partial charge >= 0.3 is 0 Å². The van der Waals surface area contributed by atoms with Gasteiger partial charge in [-0.05, 0) is 104 Å². The van der Waals surface area contributed by atoms with Crippen molar-refractivity contribution in [2.24, 2.45) is 11.8 Å². The minimum absolute atomic E-state index is 0.0156. The van der Waals surface area contributed by atoms with Crippen molar-refractivity contribution in [3.8, 4) is 0 Å². The van der Waals surface area contributed by atoms with E-state index in [4.69, 9.17) is 11.6 Å². The molecule has 2 aliphatic rings. The van der Waals surface area contributed by atoms with Crippen molar-refractivity contribution < 1.29 is 9.18 Å². The van der Waals surface area contributed by atoms with E-state index in [-0.39, 0.29) is 17.8 Å². The van der Waals surface area contributed by atoms with Gasteiger partial charge < -0.3 is 5.32 Å². The number of halogens is 2. The molecule has 30 heavy (non-hydrogen) atoms. The summed E-state index contributed by atoms with van der Waals surface area (Å²) >= 11 is 5.90. The number of fused-ring (bicyclic) bond motifs is 1. The smallest absolute Gasteiger partial charge is 0.251 e. The molecule has 3 nitrogen and oxygen atoms in total. The number of amides is 1. The summed E-state index contributed by atoms with van der Waals surface area (Å²) in [5.41, 5.74) is 2.75. The van der Waals surface area contributed by atoms with E-state index < -0.39 is 0 Å². The van der Waals surface area contributed by atoms with Crippen molar-refractivity contribution in [3.63, 3.8) is 0 Å². The summed E-state index contributed by atoms with van der Waals surface area (Å²) in [6, 6.07) is 14.2. The standard InChI is InChI=1S/C25H24ClFN2O/c26-18-7-5-17(6-8-18)25(30)29-24-14-21(24)16-3-1-15(2-4-16)20-11-12-28-23-10-9-19(27)13-22(20)23/h5-13,15-16,21,24H,1-4,14H2,(H,29,30). The SMILES string of the molecule is O=C(NC1CC1C1CCC(c2ccnc3ccc(F)cc23)CC1)c1ccc(Cl)cc1. The molecule has 1 heterocycles. The van der Waals surface area contributed by atoms with Crippen molar-refractivity contribution in [2.45, 2.75) is 44.1 Å². The van der Waals surface area contributed by atoms with Crippen LogP contribution in [0.5, 0.6) is 0 Å². The third-order valence-electron chi connectivity index (χ3n) is 6.82. The second-order valence-corrected chi connectivity index (χ2v) is 9.10. The number of hydrogen-bond donors (Lipinski definition) is 1. The Balaban J connectivity index is 1.19. The Morgan fingerprint density at radius 2 is 1.80 bits per heavy atom. The topological polar surface area (TPSA) is 42.0 Å². The zero-order chi connectivity index (χ0) is 20.7. The number of carbonyl (C=O) groups is 1. The molecule has 1 N–H and O–H groups in total. The molecule has 154 valence electrons. The summed E-state index contributed by atoms with van der Waals surface area (Å²) in [5.74, 6) is 1.46. The van der Waals surface area contributed by atoms with Crippen molar-refractivity contribution in [1.29, 1.82) is 0 Å². The molecule has 1 amide bonds. The predicted octanol–water partition coefficient (Wildman–Crippen LogP) is 6.12. The van der Waals surface area contributed by atoms with Gasteiger partial charge in [0.25, 0.3) is 5.91 Å². The molecule has 0 spiro atoms. The molecular formula is C25H24ClFN2O. The van der Waals surface area contributed by atoms with E-state index in [0.29, 0.717) is 28.3 Å². The highest BCUT2D eigenvalue weighted by Crippen LogP contribution is 2.48. The van der Waals surface area contributed by atoms with Crippen LogP contribution in [0.3, 0.4) is 0 Å². The second kappa shape index (κ2) is 7.99. The van der Waals surface area contributed by atoms with Crippen molar-refractivity contribution in [1.82, 2.24) is 10.3 Å². The number of nitrogens with zero attached hydrogens (tertiary/aromatic N) is 1. The highest BCUT2D eigenvalue weighted by atomic mass is 35.5. The molecule has 1 aromatic heterocycles. The molecule has 2 aliphatic carbocycles. The Morgan fingerprint density at radius 1 is 1.03 bits per heavy atom. The van der Waals surface area contributed by atoms with Gasteiger partial charge in [-0.3, -0.25) is 9.78 Å². The first-order valence-electron chi connectivity index (χ1n) is 10.7. The first-order valence-corrected chi connectivity index (χ1v) is 11.1. The summed E-state index contributed by atoms with van der Waals surface area (Å²) in [7, 11) is 0. The highest BCUT2D eigenvalue weighted by Gasteiger charge is 2.44. The molecule has 0 bridgehead atoms. The zero-order valence-corrected chi connectivity index (χ0v) is 17.4. The molecule has 5 heteroatoms. The summed E-state index contributed by atoms with van der Waals surface area (Å²) < 4.78 is 13.8. The Hall–Kier alpha value is -2.46. The van der Waals surface area contributed by atoms with E-state index in [1.54, 1.807) is 36.4 Å². The minimum Gasteiger partial charge on any atom is -0.349 e. The molecule has 0 aliphatic heterocycles. The molecule has 0 radical (unpaired) electrons. The summed E-state index contributed by atoms with van der Waals surface area (Å²) in [5, 5.41) is 4.76. The van der Waals surface area contributed by atoms with Crippen molar-refractivity contribution in [2.75, 3.05) is 0 Å². The highest BCUT2D eigenvalue weighted by molar-refractivity contribution is 6.30. The van der Waals surface area contributed by atoms with E-state index in [1.807, 2.05) is 6.20 Å². The lowest BCUT2D eigenvalue weighted by Crippen LogP contribution is -2.28. The van der Waals surface area contributed by atoms with E-state index in [9.17, 15) is 9.18 Å². The third-order valence-corrected chi connectivity index (χ3v) is 7.07. The number of rotatable bonds is 4. The molecule has 2 saturated carbocycles. The lowest BCUT2D eigenvalue weighted by molar-refractivity contribution is 0.0946. The van der Waals surface area contributed by atoms with Gasteiger partial charge in [0.2, 0.25) is 0 Å². The summed E-state index contributed by atoms with van der Waals surface area (Å²) in [6.07, 6.45) is 7.43. The van der Waals surface area contributed by atoms with Gasteiger partial charge in [-0.2, -0.15) is 0 Å². The Morgan fingerprint density at radius 3 is 2.57 bits per heavy atom. The number of hydrogen-bond acceptors (Lipinski definition) is 2. The molecule has 3 aromatic rings. The van der Waals surface area contributed by atoms with Crippen LogP contribution in [0, 0.1) is 17.7 Å². The van der Waals surface area contributed by atoms with Crippen LogP contribution >= 0.6 is 11.6 Å². The first-order chi connectivity index (χ1) is 14.6. The van der Waals surface area contributed by atoms with Crippen LogP contribution in [0.15, 0.2) is 54.7 Å². The van der Waals surface area contributed by atoms with Gasteiger partial charge in [0.05, 0.1) is 5.52 Å². The minimum atomic E-state index is -0.206. The van der Waals surface area contributed by atoms with Gasteiger partial charge in [0.15, 0.2) is 0 Å². The largest absolute Gasteiger partial charge is 0.349 e. The van der Waals surface area contributed by atoms with Crippen molar-refractivity contribution in [3.05, 3.63) is 76.7 Å². The fourth-order valence-corrected chi connectivity index (χ4v) is 5.23. The fraction of sp³-hybridized carbons (Fsp3) is 0.360. The van der Waals surface area contributed by atoms with Crippen LogP contribution < -0.4 is 5.32 Å². The lowest BCUT2D eigenvalue weighted by Gasteiger charge is -2.29. The number of carbonyl (C=O) groups excluding carboxylic acids is 1. The second-order valence-electron chi connectivity index (χ2n) is 8.66. The van der Waals surface area contributed by atoms with E-state index in [2.05, 4.69) is 16.4 Å². The molecule has 2 atom stereocenters. The van der Waals surface area contributed by atoms with Gasteiger partial charge in [-0.25, -0.2) is 4.39 Å². The summed E-state index contributed by atoms with van der Waals surface area (Å²) in [6.45, 7) is 0. The summed E-state index contributed by atoms with van der Waals surface area (Å²) in [4.78, 5) is 16.8. The maximum Gasteiger partial charge on any atom is 0.251 e. The molecular weight excluding hydrogens is 399 g/mol. The Kier molecular flexibility index (Phi) is 5.20. The van der Waals surface area contributed by atoms with Crippen LogP contribution in [-0.4, -0.2) is 16.9 Å². The average Bonchev–Trinajstić information content (AvgIpc) is 3.53. The van der Waals surface area contributed by atoms with Gasteiger partial charge in [-0.1, -0.05) is 11.6 Å². The monoisotopic (exact) mass is 422 g/mol. The van der Waals surface area contributed by atoms with Gasteiger partial charge in [0, 0.05) is 28.2 Å². The number of benzene rings is 2. The fourth-order valence-electron chi connectivity index (χ4n) is 5.11. The molecule has 2 fully saturated rings. The quantitative estimate of drug-likeness (QED) is 0.550. The third kappa shape index (κ3) is 3.93. The van der Waals surface area contributed by atoms with E-state index in [1.165, 1.54) is 11.6 Å². The predicted molar refractivity (Wildman–Crippen MR) is 117 cm³/mol. The average molecular weight is 423 g/mol. The Bertz CT molecular complexity index is 1080. The van der Waals surface area contributed by atoms with Crippen LogP contribution in [0.2, 0.25) is 5.02 Å². The van der Waals surface area contributed by atoms with Crippen LogP contribution in [0.4, 0.5) is 4.39 Å². The van der Waals surface area contributed by atoms with E-state index in [0.717, 1.165) is 43.0 Å². The van der Waals surface area contributed by atoms with Crippen molar-refractivity contribution >= 4 is 28.4 Å². The number of aromatic nitrogens is 1. The van der Waals surface area contributed by atoms with Gasteiger partial charge in [-0.15, -0.1) is 0 Å². The van der Waals surface area contributed by atoms with Crippen LogP contribution in [-0.2, 0) is 0 Å². The Labute approximate surface area is 180 Å². The van der Waals surface area contributed by atoms with Crippen LogP contribution in [0.1, 0.15) is 53.9 Å².